The van der Waals surface area contributed by atoms with Crippen LogP contribution in [-0.4, -0.2) is 50.2 Å². The Kier molecular flexibility index (Phi) is 4.99. The molecule has 0 saturated carbocycles. The van der Waals surface area contributed by atoms with Crippen LogP contribution in [0.15, 0.2) is 29.8 Å². The number of amides is 1. The summed E-state index contributed by atoms with van der Waals surface area (Å²) >= 11 is 5.71. The Morgan fingerprint density at radius 1 is 1.39 bits per heavy atom. The largest absolute Gasteiger partial charge is 0.380 e. The van der Waals surface area contributed by atoms with Gasteiger partial charge in [0.1, 0.15) is 5.82 Å². The molecule has 0 aromatic heterocycles. The molecule has 0 unspecified atom stereocenters. The van der Waals surface area contributed by atoms with Crippen molar-refractivity contribution in [1.82, 2.24) is 4.90 Å². The highest BCUT2D eigenvalue weighted by Crippen LogP contribution is 2.28. The van der Waals surface area contributed by atoms with Gasteiger partial charge in [0.05, 0.1) is 17.7 Å². The molecular formula is C17H20ClFN2O2. The molecule has 6 heteroatoms. The van der Waals surface area contributed by atoms with Crippen molar-refractivity contribution in [1.29, 1.82) is 0 Å². The van der Waals surface area contributed by atoms with Gasteiger partial charge in [0.15, 0.2) is 0 Å². The van der Waals surface area contributed by atoms with Crippen molar-refractivity contribution in [3.63, 3.8) is 0 Å². The van der Waals surface area contributed by atoms with Crippen LogP contribution in [0.4, 0.5) is 10.1 Å². The van der Waals surface area contributed by atoms with Crippen LogP contribution in [0.3, 0.4) is 0 Å². The maximum absolute atomic E-state index is 13.6. The van der Waals surface area contributed by atoms with Crippen LogP contribution < -0.4 is 4.90 Å². The molecule has 2 aliphatic heterocycles. The van der Waals surface area contributed by atoms with Crippen LogP contribution in [0.25, 0.3) is 0 Å². The molecule has 1 aromatic rings. The molecule has 23 heavy (non-hydrogen) atoms. The van der Waals surface area contributed by atoms with Crippen LogP contribution in [0, 0.1) is 5.82 Å². The molecule has 1 amide bonds. The van der Waals surface area contributed by atoms with Crippen molar-refractivity contribution in [3.05, 3.63) is 40.7 Å². The number of hydrogen-bond acceptors (Lipinski definition) is 3. The highest BCUT2D eigenvalue weighted by atomic mass is 35.5. The number of hydrogen-bond donors (Lipinski definition) is 0. The first kappa shape index (κ1) is 16.4. The fourth-order valence-electron chi connectivity index (χ4n) is 3.24. The van der Waals surface area contributed by atoms with Crippen molar-refractivity contribution in [2.45, 2.75) is 18.9 Å². The van der Waals surface area contributed by atoms with Crippen LogP contribution in [0.2, 0.25) is 5.02 Å². The molecule has 1 aromatic carbocycles. The predicted molar refractivity (Wildman–Crippen MR) is 88.3 cm³/mol. The molecule has 0 spiro atoms. The van der Waals surface area contributed by atoms with Crippen molar-refractivity contribution in [2.75, 3.05) is 38.3 Å². The Morgan fingerprint density at radius 3 is 2.87 bits per heavy atom. The van der Waals surface area contributed by atoms with Gasteiger partial charge in [-0.2, -0.15) is 0 Å². The maximum Gasteiger partial charge on any atom is 0.244 e. The highest BCUT2D eigenvalue weighted by Gasteiger charge is 2.37. The normalized spacial score (nSPS) is 22.6. The van der Waals surface area contributed by atoms with E-state index in [1.54, 1.807) is 18.1 Å². The average molecular weight is 339 g/mol. The summed E-state index contributed by atoms with van der Waals surface area (Å²) in [7, 11) is 1.69. The molecule has 1 fully saturated rings. The molecule has 2 heterocycles. The van der Waals surface area contributed by atoms with E-state index in [4.69, 9.17) is 16.3 Å². The van der Waals surface area contributed by atoms with Gasteiger partial charge in [-0.1, -0.05) is 17.7 Å². The number of carbonyl (C=O) groups excluding carboxylic acids is 1. The minimum atomic E-state index is -0.495. The van der Waals surface area contributed by atoms with Crippen molar-refractivity contribution in [3.8, 4) is 0 Å². The lowest BCUT2D eigenvalue weighted by Crippen LogP contribution is -2.44. The summed E-state index contributed by atoms with van der Waals surface area (Å²) in [4.78, 5) is 16.5. The molecule has 2 aliphatic rings. The van der Waals surface area contributed by atoms with E-state index >= 15 is 0 Å². The third-order valence-corrected chi connectivity index (χ3v) is 4.80. The monoisotopic (exact) mass is 338 g/mol. The minimum Gasteiger partial charge on any atom is -0.380 e. The summed E-state index contributed by atoms with van der Waals surface area (Å²) in [5, 5.41) is 0.0730. The first-order valence-corrected chi connectivity index (χ1v) is 8.15. The molecular weight excluding hydrogens is 319 g/mol. The van der Waals surface area contributed by atoms with E-state index in [1.165, 1.54) is 17.7 Å². The average Bonchev–Trinajstić information content (AvgIpc) is 2.93. The van der Waals surface area contributed by atoms with E-state index in [0.29, 0.717) is 18.8 Å². The standard InChI is InChI=1S/C17H20ClFN2O2/c1-23-11-12-4-7-20(8-5-12)16-6-9-21(17(16)22)13-2-3-14(18)15(19)10-13/h2-4,10,16H,5-9,11H2,1H3/t16-/m0/s1. The number of ether oxygens (including phenoxy) is 1. The quantitative estimate of drug-likeness (QED) is 0.791. The van der Waals surface area contributed by atoms with E-state index in [9.17, 15) is 9.18 Å². The number of benzene rings is 1. The summed E-state index contributed by atoms with van der Waals surface area (Å²) < 4.78 is 18.8. The van der Waals surface area contributed by atoms with Gasteiger partial charge < -0.3 is 9.64 Å². The summed E-state index contributed by atoms with van der Waals surface area (Å²) in [6.07, 6.45) is 3.83. The molecule has 1 saturated heterocycles. The van der Waals surface area contributed by atoms with E-state index in [2.05, 4.69) is 11.0 Å². The number of nitrogens with zero attached hydrogens (tertiary/aromatic N) is 2. The smallest absolute Gasteiger partial charge is 0.244 e. The third-order valence-electron chi connectivity index (χ3n) is 4.50. The number of methoxy groups -OCH3 is 1. The molecule has 0 radical (unpaired) electrons. The SMILES string of the molecule is COCC1=CCN([C@H]2CCN(c3ccc(Cl)c(F)c3)C2=O)CC1. The van der Waals surface area contributed by atoms with Gasteiger partial charge in [-0.15, -0.1) is 0 Å². The first-order valence-electron chi connectivity index (χ1n) is 7.77. The maximum atomic E-state index is 13.6. The van der Waals surface area contributed by atoms with Crippen LogP contribution >= 0.6 is 11.6 Å². The second-order valence-corrected chi connectivity index (χ2v) is 6.34. The molecule has 0 aliphatic carbocycles. The Bertz CT molecular complexity index is 635. The van der Waals surface area contributed by atoms with E-state index in [-0.39, 0.29) is 17.0 Å². The molecule has 3 rings (SSSR count). The first-order chi connectivity index (χ1) is 11.1. The van der Waals surface area contributed by atoms with Crippen LogP contribution in [-0.2, 0) is 9.53 Å². The summed E-state index contributed by atoms with van der Waals surface area (Å²) in [5.41, 5.74) is 1.86. The number of carbonyl (C=O) groups is 1. The van der Waals surface area contributed by atoms with Crippen LogP contribution in [0.5, 0.6) is 0 Å². The van der Waals surface area contributed by atoms with Gasteiger partial charge in [-0.3, -0.25) is 9.69 Å². The molecule has 0 N–H and O–H groups in total. The van der Waals surface area contributed by atoms with Gasteiger partial charge >= 0.3 is 0 Å². The third kappa shape index (κ3) is 3.42. The lowest BCUT2D eigenvalue weighted by Gasteiger charge is -2.30. The summed E-state index contributed by atoms with van der Waals surface area (Å²) in [6, 6.07) is 4.38. The second kappa shape index (κ2) is 6.99. The number of rotatable bonds is 4. The van der Waals surface area contributed by atoms with E-state index < -0.39 is 5.82 Å². The van der Waals surface area contributed by atoms with Gasteiger partial charge in [0, 0.05) is 32.4 Å². The van der Waals surface area contributed by atoms with Crippen molar-refractivity contribution < 1.29 is 13.9 Å². The molecule has 124 valence electrons. The second-order valence-electron chi connectivity index (χ2n) is 5.93. The Labute approximate surface area is 140 Å². The van der Waals surface area contributed by atoms with E-state index in [0.717, 1.165) is 25.9 Å². The zero-order chi connectivity index (χ0) is 16.4. The highest BCUT2D eigenvalue weighted by molar-refractivity contribution is 6.30. The van der Waals surface area contributed by atoms with Crippen molar-refractivity contribution >= 4 is 23.2 Å². The predicted octanol–water partition coefficient (Wildman–Crippen LogP) is 2.86. The van der Waals surface area contributed by atoms with Gasteiger partial charge in [-0.05, 0) is 36.6 Å². The van der Waals surface area contributed by atoms with Crippen molar-refractivity contribution in [2.24, 2.45) is 0 Å². The van der Waals surface area contributed by atoms with Gasteiger partial charge in [-0.25, -0.2) is 4.39 Å². The number of halogens is 2. The number of anilines is 1. The topological polar surface area (TPSA) is 32.8 Å². The lowest BCUT2D eigenvalue weighted by atomic mass is 10.1. The molecule has 4 nitrogen and oxygen atoms in total. The summed E-state index contributed by atoms with van der Waals surface area (Å²) in [5.74, 6) is -0.458. The molecule has 1 atom stereocenters. The zero-order valence-electron chi connectivity index (χ0n) is 13.1. The minimum absolute atomic E-state index is 0.0373. The Morgan fingerprint density at radius 2 is 2.22 bits per heavy atom. The summed E-state index contributed by atoms with van der Waals surface area (Å²) in [6.45, 7) is 2.88. The fourth-order valence-corrected chi connectivity index (χ4v) is 3.36. The van der Waals surface area contributed by atoms with E-state index in [1.807, 2.05) is 0 Å². The lowest BCUT2D eigenvalue weighted by molar-refractivity contribution is -0.121. The Balaban J connectivity index is 1.68. The Hall–Kier alpha value is -1.43. The zero-order valence-corrected chi connectivity index (χ0v) is 13.9. The van der Waals surface area contributed by atoms with Gasteiger partial charge in [0.25, 0.3) is 0 Å². The van der Waals surface area contributed by atoms with Gasteiger partial charge in [0.2, 0.25) is 5.91 Å². The molecule has 0 bridgehead atoms. The van der Waals surface area contributed by atoms with Crippen LogP contribution in [0.1, 0.15) is 12.8 Å². The fraction of sp³-hybridized carbons (Fsp3) is 0.471.